The summed E-state index contributed by atoms with van der Waals surface area (Å²) in [5, 5.41) is 19.5. The summed E-state index contributed by atoms with van der Waals surface area (Å²) in [6.07, 6.45) is 0. The van der Waals surface area contributed by atoms with Gasteiger partial charge in [0.1, 0.15) is 0 Å². The SMILES string of the molecule is CC(=O)c1cc([N+](=O)[O-])c(O)cc1N. The van der Waals surface area contributed by atoms with Crippen molar-refractivity contribution in [3.63, 3.8) is 0 Å². The summed E-state index contributed by atoms with van der Waals surface area (Å²) < 4.78 is 0. The summed E-state index contributed by atoms with van der Waals surface area (Å²) in [4.78, 5) is 20.6. The molecular formula is C8H8N2O4. The minimum atomic E-state index is -0.777. The van der Waals surface area contributed by atoms with E-state index in [1.165, 1.54) is 6.92 Å². The Labute approximate surface area is 79.1 Å². The van der Waals surface area contributed by atoms with Gasteiger partial charge in [-0.1, -0.05) is 0 Å². The Hall–Kier alpha value is -2.11. The monoisotopic (exact) mass is 196 g/mol. The molecule has 0 saturated carbocycles. The summed E-state index contributed by atoms with van der Waals surface area (Å²) in [6.45, 7) is 1.24. The summed E-state index contributed by atoms with van der Waals surface area (Å²) in [5.41, 5.74) is 4.93. The number of nitro benzene ring substituents is 1. The summed E-state index contributed by atoms with van der Waals surface area (Å²) in [5.74, 6) is -0.928. The molecule has 6 nitrogen and oxygen atoms in total. The van der Waals surface area contributed by atoms with Gasteiger partial charge in [0.25, 0.3) is 0 Å². The third kappa shape index (κ3) is 1.63. The zero-order chi connectivity index (χ0) is 10.9. The Balaban J connectivity index is 3.42. The van der Waals surface area contributed by atoms with Crippen LogP contribution in [0.25, 0.3) is 0 Å². The highest BCUT2D eigenvalue weighted by Crippen LogP contribution is 2.30. The van der Waals surface area contributed by atoms with Crippen molar-refractivity contribution in [3.05, 3.63) is 27.8 Å². The molecule has 0 spiro atoms. The van der Waals surface area contributed by atoms with Crippen molar-refractivity contribution in [2.45, 2.75) is 6.92 Å². The van der Waals surface area contributed by atoms with E-state index in [0.717, 1.165) is 12.1 Å². The summed E-state index contributed by atoms with van der Waals surface area (Å²) in [7, 11) is 0. The highest BCUT2D eigenvalue weighted by molar-refractivity contribution is 6.00. The third-order valence-electron chi connectivity index (χ3n) is 1.72. The van der Waals surface area contributed by atoms with Gasteiger partial charge in [0.15, 0.2) is 11.5 Å². The third-order valence-corrected chi connectivity index (χ3v) is 1.72. The number of aromatic hydroxyl groups is 1. The molecule has 0 atom stereocenters. The van der Waals surface area contributed by atoms with E-state index in [1.807, 2.05) is 0 Å². The molecular weight excluding hydrogens is 188 g/mol. The number of ketones is 1. The van der Waals surface area contributed by atoms with E-state index < -0.39 is 16.4 Å². The first kappa shape index (κ1) is 9.97. The molecule has 0 aliphatic rings. The van der Waals surface area contributed by atoms with Crippen LogP contribution in [0.4, 0.5) is 11.4 Å². The number of anilines is 1. The van der Waals surface area contributed by atoms with Gasteiger partial charge in [0, 0.05) is 23.4 Å². The lowest BCUT2D eigenvalue weighted by molar-refractivity contribution is -0.385. The van der Waals surface area contributed by atoms with Crippen LogP contribution in [0.1, 0.15) is 17.3 Å². The Kier molecular flexibility index (Phi) is 2.37. The minimum absolute atomic E-state index is 0.0283. The molecule has 0 aromatic heterocycles. The van der Waals surface area contributed by atoms with Crippen molar-refractivity contribution in [3.8, 4) is 5.75 Å². The molecule has 0 unspecified atom stereocenters. The second-order valence-corrected chi connectivity index (χ2v) is 2.74. The first-order valence-electron chi connectivity index (χ1n) is 3.71. The first-order valence-corrected chi connectivity index (χ1v) is 3.71. The smallest absolute Gasteiger partial charge is 0.311 e. The van der Waals surface area contributed by atoms with Gasteiger partial charge in [-0.25, -0.2) is 0 Å². The zero-order valence-corrected chi connectivity index (χ0v) is 7.35. The number of rotatable bonds is 2. The largest absolute Gasteiger partial charge is 0.502 e. The van der Waals surface area contributed by atoms with Crippen LogP contribution < -0.4 is 5.73 Å². The molecule has 0 amide bonds. The van der Waals surface area contributed by atoms with Crippen LogP contribution >= 0.6 is 0 Å². The van der Waals surface area contributed by atoms with Crippen LogP contribution in [0.15, 0.2) is 12.1 Å². The molecule has 74 valence electrons. The average Bonchev–Trinajstić information content (AvgIpc) is 2.02. The number of benzene rings is 1. The van der Waals surface area contributed by atoms with Crippen molar-refractivity contribution < 1.29 is 14.8 Å². The van der Waals surface area contributed by atoms with Gasteiger partial charge in [-0.2, -0.15) is 0 Å². The van der Waals surface area contributed by atoms with Crippen LogP contribution in [0.5, 0.6) is 5.75 Å². The molecule has 0 heterocycles. The fourth-order valence-electron chi connectivity index (χ4n) is 1.04. The number of nitrogen functional groups attached to an aromatic ring is 1. The minimum Gasteiger partial charge on any atom is -0.502 e. The fraction of sp³-hybridized carbons (Fsp3) is 0.125. The van der Waals surface area contributed by atoms with Crippen molar-refractivity contribution in [2.75, 3.05) is 5.73 Å². The lowest BCUT2D eigenvalue weighted by Gasteiger charge is -2.02. The van der Waals surface area contributed by atoms with E-state index in [9.17, 15) is 14.9 Å². The Bertz CT molecular complexity index is 379. The maximum absolute atomic E-state index is 11.0. The van der Waals surface area contributed by atoms with Crippen molar-refractivity contribution in [1.82, 2.24) is 0 Å². The lowest BCUT2D eigenvalue weighted by Crippen LogP contribution is -2.01. The van der Waals surface area contributed by atoms with Gasteiger partial charge in [0.2, 0.25) is 0 Å². The number of hydrogen-bond donors (Lipinski definition) is 2. The van der Waals surface area contributed by atoms with Gasteiger partial charge in [-0.05, 0) is 6.92 Å². The molecule has 14 heavy (non-hydrogen) atoms. The predicted octanol–water partition coefficient (Wildman–Crippen LogP) is 1.09. The Morgan fingerprint density at radius 1 is 1.57 bits per heavy atom. The quantitative estimate of drug-likeness (QED) is 0.318. The van der Waals surface area contributed by atoms with Crippen molar-refractivity contribution in [2.24, 2.45) is 0 Å². The van der Waals surface area contributed by atoms with Gasteiger partial charge in [0.05, 0.1) is 4.92 Å². The number of hydrogen-bond acceptors (Lipinski definition) is 5. The van der Waals surface area contributed by atoms with Gasteiger partial charge < -0.3 is 10.8 Å². The van der Waals surface area contributed by atoms with Crippen LogP contribution in [-0.2, 0) is 0 Å². The molecule has 0 aliphatic heterocycles. The molecule has 0 radical (unpaired) electrons. The second-order valence-electron chi connectivity index (χ2n) is 2.74. The highest BCUT2D eigenvalue weighted by Gasteiger charge is 2.18. The number of carbonyl (C=O) groups excluding carboxylic acids is 1. The number of nitrogens with two attached hydrogens (primary N) is 1. The molecule has 0 aliphatic carbocycles. The van der Waals surface area contributed by atoms with Gasteiger partial charge in [-0.15, -0.1) is 0 Å². The predicted molar refractivity (Wildman–Crippen MR) is 49.2 cm³/mol. The second kappa shape index (κ2) is 3.33. The first-order chi connectivity index (χ1) is 6.43. The van der Waals surface area contributed by atoms with Gasteiger partial charge >= 0.3 is 5.69 Å². The highest BCUT2D eigenvalue weighted by atomic mass is 16.6. The molecule has 6 heteroatoms. The van der Waals surface area contributed by atoms with E-state index in [2.05, 4.69) is 0 Å². The van der Waals surface area contributed by atoms with Crippen molar-refractivity contribution >= 4 is 17.2 Å². The number of phenols is 1. The van der Waals surface area contributed by atoms with Crippen LogP contribution in [0.3, 0.4) is 0 Å². The Morgan fingerprint density at radius 3 is 2.57 bits per heavy atom. The van der Waals surface area contributed by atoms with Crippen LogP contribution in [0, 0.1) is 10.1 Å². The molecule has 3 N–H and O–H groups in total. The number of nitro groups is 1. The van der Waals surface area contributed by atoms with E-state index in [0.29, 0.717) is 0 Å². The number of phenolic OH excluding ortho intramolecular Hbond substituents is 1. The number of Topliss-reactive ketones (excluding diaryl/α,β-unsaturated/α-hetero) is 1. The summed E-state index contributed by atoms with van der Waals surface area (Å²) in [6, 6.07) is 1.96. The molecule has 1 aromatic carbocycles. The fourth-order valence-corrected chi connectivity index (χ4v) is 1.04. The van der Waals surface area contributed by atoms with Gasteiger partial charge in [-0.3, -0.25) is 14.9 Å². The van der Waals surface area contributed by atoms with Crippen LogP contribution in [-0.4, -0.2) is 15.8 Å². The zero-order valence-electron chi connectivity index (χ0n) is 7.35. The van der Waals surface area contributed by atoms with E-state index >= 15 is 0 Å². The van der Waals surface area contributed by atoms with Crippen LogP contribution in [0.2, 0.25) is 0 Å². The number of nitrogens with zero attached hydrogens (tertiary/aromatic N) is 1. The van der Waals surface area contributed by atoms with E-state index in [1.54, 1.807) is 0 Å². The maximum Gasteiger partial charge on any atom is 0.311 e. The molecule has 0 bridgehead atoms. The van der Waals surface area contributed by atoms with E-state index in [-0.39, 0.29) is 17.0 Å². The van der Waals surface area contributed by atoms with Crippen molar-refractivity contribution in [1.29, 1.82) is 0 Å². The topological polar surface area (TPSA) is 106 Å². The lowest BCUT2D eigenvalue weighted by atomic mass is 10.1. The standard InChI is InChI=1S/C8H8N2O4/c1-4(11)5-2-7(10(13)14)8(12)3-6(5)9/h2-3,12H,9H2,1H3. The molecule has 1 rings (SSSR count). The van der Waals surface area contributed by atoms with E-state index in [4.69, 9.17) is 10.8 Å². The maximum atomic E-state index is 11.0. The Morgan fingerprint density at radius 2 is 2.14 bits per heavy atom. The normalized spacial score (nSPS) is 9.79. The average molecular weight is 196 g/mol. The molecule has 0 fully saturated rings. The molecule has 1 aromatic rings. The number of carbonyl (C=O) groups is 1. The summed E-state index contributed by atoms with van der Waals surface area (Å²) >= 11 is 0. The molecule has 0 saturated heterocycles.